The Bertz CT molecular complexity index is 672. The number of likely N-dealkylation sites (N-methyl/N-ethyl adjacent to an activating group) is 1. The van der Waals surface area contributed by atoms with Crippen LogP contribution in [-0.4, -0.2) is 69.6 Å². The Labute approximate surface area is 142 Å². The molecule has 1 fully saturated rings. The predicted molar refractivity (Wildman–Crippen MR) is 92.3 cm³/mol. The van der Waals surface area contributed by atoms with Crippen LogP contribution >= 0.6 is 11.6 Å². The minimum atomic E-state index is -3.61. The molecule has 8 heteroatoms. The first-order valence-corrected chi connectivity index (χ1v) is 9.65. The smallest absolute Gasteiger partial charge is 0.246 e. The van der Waals surface area contributed by atoms with Gasteiger partial charge >= 0.3 is 0 Å². The van der Waals surface area contributed by atoms with E-state index in [1.54, 1.807) is 36.1 Å². The van der Waals surface area contributed by atoms with Gasteiger partial charge in [0.05, 0.1) is 11.9 Å². The van der Waals surface area contributed by atoms with Gasteiger partial charge in [-0.25, -0.2) is 8.42 Å². The van der Waals surface area contributed by atoms with E-state index in [1.165, 1.54) is 0 Å². The first-order valence-electron chi connectivity index (χ1n) is 7.42. The van der Waals surface area contributed by atoms with E-state index < -0.39 is 16.1 Å². The third-order valence-corrected chi connectivity index (χ3v) is 5.42. The predicted octanol–water partition coefficient (Wildman–Crippen LogP) is 1.27. The summed E-state index contributed by atoms with van der Waals surface area (Å²) in [6.45, 7) is 4.39. The quantitative estimate of drug-likeness (QED) is 0.812. The number of benzene rings is 1. The first-order chi connectivity index (χ1) is 10.7. The van der Waals surface area contributed by atoms with Gasteiger partial charge in [-0.15, -0.1) is 0 Å². The summed E-state index contributed by atoms with van der Waals surface area (Å²) < 4.78 is 25.6. The summed E-state index contributed by atoms with van der Waals surface area (Å²) in [7, 11) is -1.61. The van der Waals surface area contributed by atoms with Crippen molar-refractivity contribution in [3.05, 3.63) is 29.3 Å². The van der Waals surface area contributed by atoms with Gasteiger partial charge in [-0.05, 0) is 32.2 Å². The van der Waals surface area contributed by atoms with E-state index in [4.69, 9.17) is 11.6 Å². The number of anilines is 1. The topological polar surface area (TPSA) is 60.9 Å². The Hall–Kier alpha value is -1.31. The first kappa shape index (κ1) is 18.0. The summed E-state index contributed by atoms with van der Waals surface area (Å²) in [5.41, 5.74) is 0.398. The van der Waals surface area contributed by atoms with Gasteiger partial charge in [0.15, 0.2) is 0 Å². The molecule has 2 rings (SSSR count). The molecule has 1 heterocycles. The zero-order valence-corrected chi connectivity index (χ0v) is 15.1. The molecule has 1 aromatic rings. The summed E-state index contributed by atoms with van der Waals surface area (Å²) in [5.74, 6) is -0.191. The molecule has 0 aliphatic carbocycles. The highest BCUT2D eigenvalue weighted by Gasteiger charge is 2.33. The highest BCUT2D eigenvalue weighted by Crippen LogP contribution is 2.25. The van der Waals surface area contributed by atoms with E-state index in [1.807, 2.05) is 7.05 Å². The molecule has 0 N–H and O–H groups in total. The molecule has 0 aromatic heterocycles. The number of piperazine rings is 1. The van der Waals surface area contributed by atoms with Crippen LogP contribution in [0.15, 0.2) is 24.3 Å². The number of halogens is 1. The standard InChI is InChI=1S/C15H22ClN3O3S/c1-12(15(20)18-9-7-17(2)8-10-18)19(23(3,21)22)14-6-4-5-13(16)11-14/h4-6,11-12H,7-10H2,1-3H3/t12-/m0/s1. The van der Waals surface area contributed by atoms with Crippen LogP contribution < -0.4 is 4.31 Å². The monoisotopic (exact) mass is 359 g/mol. The average Bonchev–Trinajstić information content (AvgIpc) is 2.46. The Morgan fingerprint density at radius 2 is 1.87 bits per heavy atom. The molecule has 1 amide bonds. The molecule has 1 atom stereocenters. The second-order valence-electron chi connectivity index (χ2n) is 5.84. The molecule has 0 unspecified atom stereocenters. The van der Waals surface area contributed by atoms with Gasteiger partial charge in [-0.3, -0.25) is 9.10 Å². The summed E-state index contributed by atoms with van der Waals surface area (Å²) in [6, 6.07) is 5.71. The van der Waals surface area contributed by atoms with E-state index >= 15 is 0 Å². The highest BCUT2D eigenvalue weighted by atomic mass is 35.5. The second kappa shape index (κ2) is 7.07. The van der Waals surface area contributed by atoms with Gasteiger partial charge in [0.25, 0.3) is 0 Å². The molecule has 1 aromatic carbocycles. The van der Waals surface area contributed by atoms with Crippen LogP contribution in [0.25, 0.3) is 0 Å². The Morgan fingerprint density at radius 3 is 2.39 bits per heavy atom. The van der Waals surface area contributed by atoms with Gasteiger partial charge in [0.1, 0.15) is 6.04 Å². The van der Waals surface area contributed by atoms with Crippen molar-refractivity contribution < 1.29 is 13.2 Å². The minimum absolute atomic E-state index is 0.191. The maximum Gasteiger partial charge on any atom is 0.246 e. The van der Waals surface area contributed by atoms with Crippen molar-refractivity contribution in [2.24, 2.45) is 0 Å². The number of hydrogen-bond acceptors (Lipinski definition) is 4. The Kier molecular flexibility index (Phi) is 5.54. The lowest BCUT2D eigenvalue weighted by molar-refractivity contribution is -0.133. The highest BCUT2D eigenvalue weighted by molar-refractivity contribution is 7.92. The lowest BCUT2D eigenvalue weighted by Crippen LogP contribution is -2.54. The van der Waals surface area contributed by atoms with Crippen molar-refractivity contribution in [2.75, 3.05) is 43.8 Å². The summed E-state index contributed by atoms with van der Waals surface area (Å²) in [6.07, 6.45) is 1.10. The molecule has 0 radical (unpaired) electrons. The van der Waals surface area contributed by atoms with Crippen LogP contribution in [0.2, 0.25) is 5.02 Å². The number of carbonyl (C=O) groups excluding carboxylic acids is 1. The van der Waals surface area contributed by atoms with E-state index in [9.17, 15) is 13.2 Å². The molecular formula is C15H22ClN3O3S. The Morgan fingerprint density at radius 1 is 1.26 bits per heavy atom. The van der Waals surface area contributed by atoms with Crippen molar-refractivity contribution >= 4 is 33.2 Å². The molecule has 0 bridgehead atoms. The van der Waals surface area contributed by atoms with Crippen molar-refractivity contribution in [2.45, 2.75) is 13.0 Å². The Balaban J connectivity index is 2.27. The number of hydrogen-bond donors (Lipinski definition) is 0. The number of amides is 1. The molecule has 0 saturated carbocycles. The lowest BCUT2D eigenvalue weighted by atomic mass is 10.2. The normalized spacial score (nSPS) is 17.8. The van der Waals surface area contributed by atoms with Gasteiger partial charge in [-0.2, -0.15) is 0 Å². The molecule has 1 aliphatic rings. The SMILES string of the molecule is C[C@@H](C(=O)N1CCN(C)CC1)N(c1cccc(Cl)c1)S(C)(=O)=O. The van der Waals surface area contributed by atoms with Crippen molar-refractivity contribution in [1.29, 1.82) is 0 Å². The molecule has 6 nitrogen and oxygen atoms in total. The fraction of sp³-hybridized carbons (Fsp3) is 0.533. The van der Waals surface area contributed by atoms with E-state index in [-0.39, 0.29) is 5.91 Å². The van der Waals surface area contributed by atoms with Gasteiger partial charge < -0.3 is 9.80 Å². The number of carbonyl (C=O) groups is 1. The van der Waals surface area contributed by atoms with Crippen LogP contribution in [0.4, 0.5) is 5.69 Å². The van der Waals surface area contributed by atoms with Crippen LogP contribution in [0.1, 0.15) is 6.92 Å². The number of nitrogens with zero attached hydrogens (tertiary/aromatic N) is 3. The lowest BCUT2D eigenvalue weighted by Gasteiger charge is -2.36. The third-order valence-electron chi connectivity index (χ3n) is 3.94. The minimum Gasteiger partial charge on any atom is -0.338 e. The maximum atomic E-state index is 12.7. The van der Waals surface area contributed by atoms with E-state index in [2.05, 4.69) is 4.90 Å². The summed E-state index contributed by atoms with van der Waals surface area (Å²) in [5, 5.41) is 0.426. The van der Waals surface area contributed by atoms with Crippen LogP contribution in [0.3, 0.4) is 0 Å². The molecule has 0 spiro atoms. The molecular weight excluding hydrogens is 338 g/mol. The van der Waals surface area contributed by atoms with Gasteiger partial charge in [-0.1, -0.05) is 17.7 Å². The zero-order valence-electron chi connectivity index (χ0n) is 13.6. The second-order valence-corrected chi connectivity index (χ2v) is 8.14. The van der Waals surface area contributed by atoms with E-state index in [0.29, 0.717) is 23.8 Å². The maximum absolute atomic E-state index is 12.7. The average molecular weight is 360 g/mol. The van der Waals surface area contributed by atoms with Crippen LogP contribution in [0, 0.1) is 0 Å². The van der Waals surface area contributed by atoms with Crippen LogP contribution in [0.5, 0.6) is 0 Å². The molecule has 23 heavy (non-hydrogen) atoms. The number of rotatable bonds is 4. The molecule has 1 aliphatic heterocycles. The fourth-order valence-electron chi connectivity index (χ4n) is 2.71. The van der Waals surface area contributed by atoms with Crippen LogP contribution in [-0.2, 0) is 14.8 Å². The molecule has 128 valence electrons. The van der Waals surface area contributed by atoms with E-state index in [0.717, 1.165) is 23.7 Å². The zero-order chi connectivity index (χ0) is 17.2. The van der Waals surface area contributed by atoms with Crippen molar-refractivity contribution in [3.63, 3.8) is 0 Å². The van der Waals surface area contributed by atoms with Gasteiger partial charge in [0, 0.05) is 31.2 Å². The molecule has 1 saturated heterocycles. The van der Waals surface area contributed by atoms with Crippen molar-refractivity contribution in [3.8, 4) is 0 Å². The third kappa shape index (κ3) is 4.37. The summed E-state index contributed by atoms with van der Waals surface area (Å²) >= 11 is 5.97. The summed E-state index contributed by atoms with van der Waals surface area (Å²) in [4.78, 5) is 16.6. The fourth-order valence-corrected chi connectivity index (χ4v) is 4.05. The van der Waals surface area contributed by atoms with Gasteiger partial charge in [0.2, 0.25) is 15.9 Å². The number of sulfonamides is 1. The van der Waals surface area contributed by atoms with Crippen molar-refractivity contribution in [1.82, 2.24) is 9.80 Å². The largest absolute Gasteiger partial charge is 0.338 e.